The van der Waals surface area contributed by atoms with Gasteiger partial charge in [-0.25, -0.2) is 4.68 Å². The molecule has 6 heteroatoms. The van der Waals surface area contributed by atoms with Crippen LogP contribution in [-0.4, -0.2) is 34.2 Å². The van der Waals surface area contributed by atoms with Crippen LogP contribution in [0.5, 0.6) is 11.5 Å². The molecule has 2 heterocycles. The average Bonchev–Trinajstić information content (AvgIpc) is 3.04. The minimum absolute atomic E-state index is 0.605. The highest BCUT2D eigenvalue weighted by atomic mass is 16.5. The van der Waals surface area contributed by atoms with Crippen molar-refractivity contribution in [1.82, 2.24) is 20.0 Å². The van der Waals surface area contributed by atoms with E-state index in [1.54, 1.807) is 31.3 Å². The largest absolute Gasteiger partial charge is 0.493 e. The zero-order chi connectivity index (χ0) is 15.4. The Labute approximate surface area is 128 Å². The molecule has 0 atom stereocenters. The lowest BCUT2D eigenvalue weighted by Crippen LogP contribution is -2.01. The second-order valence-electron chi connectivity index (χ2n) is 4.73. The van der Waals surface area contributed by atoms with E-state index in [-0.39, 0.29) is 0 Å². The summed E-state index contributed by atoms with van der Waals surface area (Å²) in [7, 11) is 3.24. The first-order valence-corrected chi connectivity index (χ1v) is 6.81. The quantitative estimate of drug-likeness (QED) is 0.723. The van der Waals surface area contributed by atoms with Crippen LogP contribution in [0.25, 0.3) is 11.3 Å². The van der Waals surface area contributed by atoms with Crippen molar-refractivity contribution in [2.75, 3.05) is 14.2 Å². The molecular formula is C16H16N4O2. The number of rotatable bonds is 5. The van der Waals surface area contributed by atoms with Gasteiger partial charge < -0.3 is 9.47 Å². The van der Waals surface area contributed by atoms with Gasteiger partial charge in [-0.05, 0) is 29.8 Å². The van der Waals surface area contributed by atoms with Crippen LogP contribution in [0.4, 0.5) is 0 Å². The van der Waals surface area contributed by atoms with E-state index >= 15 is 0 Å². The van der Waals surface area contributed by atoms with Gasteiger partial charge in [-0.3, -0.25) is 4.98 Å². The molecule has 0 amide bonds. The molecule has 6 nitrogen and oxygen atoms in total. The molecule has 0 unspecified atom stereocenters. The van der Waals surface area contributed by atoms with Crippen molar-refractivity contribution in [3.05, 3.63) is 54.5 Å². The van der Waals surface area contributed by atoms with Crippen LogP contribution in [0.3, 0.4) is 0 Å². The Bertz CT molecular complexity index is 756. The van der Waals surface area contributed by atoms with E-state index in [0.717, 1.165) is 16.8 Å². The minimum Gasteiger partial charge on any atom is -0.493 e. The van der Waals surface area contributed by atoms with Crippen molar-refractivity contribution in [1.29, 1.82) is 0 Å². The molecule has 0 aliphatic heterocycles. The fraction of sp³-hybridized carbons (Fsp3) is 0.188. The van der Waals surface area contributed by atoms with Gasteiger partial charge in [0.25, 0.3) is 0 Å². The molecule has 0 fully saturated rings. The molecule has 0 bridgehead atoms. The molecule has 2 aromatic heterocycles. The molecule has 0 spiro atoms. The van der Waals surface area contributed by atoms with E-state index in [9.17, 15) is 0 Å². The Morgan fingerprint density at radius 1 is 1.09 bits per heavy atom. The zero-order valence-corrected chi connectivity index (χ0v) is 12.4. The molecule has 0 saturated heterocycles. The van der Waals surface area contributed by atoms with Gasteiger partial charge in [0.1, 0.15) is 5.69 Å². The Hall–Kier alpha value is -2.89. The van der Waals surface area contributed by atoms with Gasteiger partial charge in [0.15, 0.2) is 11.5 Å². The maximum Gasteiger partial charge on any atom is 0.161 e. The summed E-state index contributed by atoms with van der Waals surface area (Å²) in [6, 6.07) is 9.63. The van der Waals surface area contributed by atoms with Crippen molar-refractivity contribution in [2.45, 2.75) is 6.54 Å². The van der Waals surface area contributed by atoms with Crippen LogP contribution in [0, 0.1) is 0 Å². The van der Waals surface area contributed by atoms with Crippen molar-refractivity contribution in [3.8, 4) is 22.8 Å². The lowest BCUT2D eigenvalue weighted by Gasteiger charge is -2.09. The van der Waals surface area contributed by atoms with Gasteiger partial charge in [-0.15, -0.1) is 5.10 Å². The summed E-state index contributed by atoms with van der Waals surface area (Å²) in [5.74, 6) is 1.41. The average molecular weight is 296 g/mol. The molecule has 3 rings (SSSR count). The lowest BCUT2D eigenvalue weighted by atomic mass is 10.2. The van der Waals surface area contributed by atoms with Crippen LogP contribution in [0.15, 0.2) is 48.9 Å². The van der Waals surface area contributed by atoms with Gasteiger partial charge in [0, 0.05) is 18.0 Å². The monoisotopic (exact) mass is 296 g/mol. The van der Waals surface area contributed by atoms with Gasteiger partial charge in [-0.1, -0.05) is 11.3 Å². The van der Waals surface area contributed by atoms with Gasteiger partial charge in [0.05, 0.1) is 27.0 Å². The standard InChI is InChI=1S/C16H16N4O2/c1-21-15-6-5-12(8-16(15)22-2)10-20-11-14(18-19-20)13-4-3-7-17-9-13/h3-9,11H,10H2,1-2H3. The van der Waals surface area contributed by atoms with E-state index in [1.807, 2.05) is 36.5 Å². The highest BCUT2D eigenvalue weighted by molar-refractivity contribution is 5.55. The molecule has 0 radical (unpaired) electrons. The van der Waals surface area contributed by atoms with Gasteiger partial charge in [-0.2, -0.15) is 0 Å². The summed E-state index contributed by atoms with van der Waals surface area (Å²) in [5.41, 5.74) is 2.80. The van der Waals surface area contributed by atoms with Crippen LogP contribution in [0.1, 0.15) is 5.56 Å². The zero-order valence-electron chi connectivity index (χ0n) is 12.4. The number of pyridine rings is 1. The molecule has 3 aromatic rings. The fourth-order valence-corrected chi connectivity index (χ4v) is 2.19. The normalized spacial score (nSPS) is 10.5. The van der Waals surface area contributed by atoms with Crippen LogP contribution in [-0.2, 0) is 6.54 Å². The summed E-state index contributed by atoms with van der Waals surface area (Å²) in [5, 5.41) is 8.33. The first-order chi connectivity index (χ1) is 10.8. The molecule has 22 heavy (non-hydrogen) atoms. The molecule has 1 aromatic carbocycles. The van der Waals surface area contributed by atoms with Crippen molar-refractivity contribution in [2.24, 2.45) is 0 Å². The van der Waals surface area contributed by atoms with Crippen LogP contribution in [0.2, 0.25) is 0 Å². The molecule has 0 saturated carbocycles. The maximum absolute atomic E-state index is 5.31. The molecule has 0 N–H and O–H groups in total. The second-order valence-corrected chi connectivity index (χ2v) is 4.73. The number of hydrogen-bond donors (Lipinski definition) is 0. The summed E-state index contributed by atoms with van der Waals surface area (Å²) >= 11 is 0. The summed E-state index contributed by atoms with van der Waals surface area (Å²) < 4.78 is 12.3. The Balaban J connectivity index is 1.81. The highest BCUT2D eigenvalue weighted by Gasteiger charge is 2.07. The molecule has 112 valence electrons. The Morgan fingerprint density at radius 2 is 1.95 bits per heavy atom. The minimum atomic E-state index is 0.605. The van der Waals surface area contributed by atoms with E-state index in [2.05, 4.69) is 15.3 Å². The Kier molecular flexibility index (Phi) is 4.00. The summed E-state index contributed by atoms with van der Waals surface area (Å²) in [4.78, 5) is 4.09. The number of methoxy groups -OCH3 is 2. The van der Waals surface area contributed by atoms with Gasteiger partial charge >= 0.3 is 0 Å². The SMILES string of the molecule is COc1ccc(Cn2cc(-c3cccnc3)nn2)cc1OC. The predicted molar refractivity (Wildman–Crippen MR) is 81.9 cm³/mol. The second kappa shape index (κ2) is 6.26. The lowest BCUT2D eigenvalue weighted by molar-refractivity contribution is 0.354. The predicted octanol–water partition coefficient (Wildman–Crippen LogP) is 2.41. The highest BCUT2D eigenvalue weighted by Crippen LogP contribution is 2.27. The number of benzene rings is 1. The van der Waals surface area contributed by atoms with E-state index < -0.39 is 0 Å². The number of hydrogen-bond acceptors (Lipinski definition) is 5. The maximum atomic E-state index is 5.31. The number of ether oxygens (including phenoxy) is 2. The number of nitrogens with zero attached hydrogens (tertiary/aromatic N) is 4. The van der Waals surface area contributed by atoms with Gasteiger partial charge in [0.2, 0.25) is 0 Å². The summed E-state index contributed by atoms with van der Waals surface area (Å²) in [6.07, 6.45) is 5.40. The number of aromatic nitrogens is 4. The van der Waals surface area contributed by atoms with Crippen molar-refractivity contribution in [3.63, 3.8) is 0 Å². The van der Waals surface area contributed by atoms with Crippen LogP contribution >= 0.6 is 0 Å². The summed E-state index contributed by atoms with van der Waals surface area (Å²) in [6.45, 7) is 0.605. The van der Waals surface area contributed by atoms with E-state index in [4.69, 9.17) is 9.47 Å². The first kappa shape index (κ1) is 14.1. The third-order valence-electron chi connectivity index (χ3n) is 3.29. The third kappa shape index (κ3) is 2.90. The third-order valence-corrected chi connectivity index (χ3v) is 3.29. The van der Waals surface area contributed by atoms with E-state index in [0.29, 0.717) is 18.0 Å². The van der Waals surface area contributed by atoms with Crippen LogP contribution < -0.4 is 9.47 Å². The van der Waals surface area contributed by atoms with E-state index in [1.165, 1.54) is 0 Å². The topological polar surface area (TPSA) is 62.1 Å². The fourth-order valence-electron chi connectivity index (χ4n) is 2.19. The smallest absolute Gasteiger partial charge is 0.161 e. The molecule has 0 aliphatic carbocycles. The molecular weight excluding hydrogens is 280 g/mol. The molecule has 0 aliphatic rings. The Morgan fingerprint density at radius 3 is 2.68 bits per heavy atom. The van der Waals surface area contributed by atoms with Crippen molar-refractivity contribution < 1.29 is 9.47 Å². The first-order valence-electron chi connectivity index (χ1n) is 6.81. The van der Waals surface area contributed by atoms with Crippen molar-refractivity contribution >= 4 is 0 Å².